The third-order valence-corrected chi connectivity index (χ3v) is 3.98. The van der Waals surface area contributed by atoms with Crippen LogP contribution in [0.2, 0.25) is 0 Å². The molecule has 2 aromatic carbocycles. The number of benzene rings is 2. The molecule has 0 atom stereocenters. The first-order valence-electron chi connectivity index (χ1n) is 8.13. The second-order valence-corrected chi connectivity index (χ2v) is 6.11. The molecule has 2 aromatic rings. The predicted molar refractivity (Wildman–Crippen MR) is 96.8 cm³/mol. The summed E-state index contributed by atoms with van der Waals surface area (Å²) in [4.78, 5) is 23.8. The highest BCUT2D eigenvalue weighted by Gasteiger charge is 2.08. The molecule has 0 heterocycles. The fourth-order valence-electron chi connectivity index (χ4n) is 2.26. The quantitative estimate of drug-likeness (QED) is 0.852. The summed E-state index contributed by atoms with van der Waals surface area (Å²) in [6.45, 7) is 6.54. The molecule has 0 bridgehead atoms. The summed E-state index contributed by atoms with van der Waals surface area (Å²) < 4.78 is 0. The zero-order chi connectivity index (χ0) is 17.5. The molecule has 2 rings (SSSR count). The van der Waals surface area contributed by atoms with Crippen molar-refractivity contribution in [1.29, 1.82) is 0 Å². The first kappa shape index (κ1) is 17.7. The summed E-state index contributed by atoms with van der Waals surface area (Å²) in [5, 5.41) is 5.66. The van der Waals surface area contributed by atoms with E-state index < -0.39 is 0 Å². The maximum atomic E-state index is 11.9. The highest BCUT2D eigenvalue weighted by atomic mass is 16.2. The Balaban J connectivity index is 1.73. The molecule has 0 aliphatic carbocycles. The third-order valence-electron chi connectivity index (χ3n) is 3.98. The van der Waals surface area contributed by atoms with Gasteiger partial charge in [-0.05, 0) is 49.6 Å². The van der Waals surface area contributed by atoms with Gasteiger partial charge in [0.2, 0.25) is 11.8 Å². The van der Waals surface area contributed by atoms with Crippen molar-refractivity contribution in [2.45, 2.75) is 40.2 Å². The van der Waals surface area contributed by atoms with E-state index in [1.807, 2.05) is 63.2 Å². The summed E-state index contributed by atoms with van der Waals surface area (Å²) in [7, 11) is 0. The van der Waals surface area contributed by atoms with E-state index in [-0.39, 0.29) is 24.7 Å². The average molecular weight is 324 g/mol. The Morgan fingerprint density at radius 3 is 2.17 bits per heavy atom. The number of nitrogens with one attached hydrogen (secondary N) is 2. The van der Waals surface area contributed by atoms with Crippen LogP contribution in [0.5, 0.6) is 0 Å². The minimum absolute atomic E-state index is 0.120. The SMILES string of the molecule is Cc1ccc(CNC(=O)CCC(=O)Nc2ccc(C)c(C)c2)cc1. The smallest absolute Gasteiger partial charge is 0.224 e. The Labute approximate surface area is 143 Å². The zero-order valence-electron chi connectivity index (χ0n) is 14.5. The maximum absolute atomic E-state index is 11.9. The van der Waals surface area contributed by atoms with Crippen molar-refractivity contribution in [3.63, 3.8) is 0 Å². The molecule has 2 amide bonds. The minimum atomic E-state index is -0.149. The van der Waals surface area contributed by atoms with Crippen LogP contribution in [0.3, 0.4) is 0 Å². The highest BCUT2D eigenvalue weighted by Crippen LogP contribution is 2.14. The van der Waals surface area contributed by atoms with Gasteiger partial charge in [0.05, 0.1) is 0 Å². The number of hydrogen-bond acceptors (Lipinski definition) is 2. The highest BCUT2D eigenvalue weighted by molar-refractivity contribution is 5.93. The lowest BCUT2D eigenvalue weighted by molar-refractivity contribution is -0.124. The van der Waals surface area contributed by atoms with Crippen LogP contribution in [-0.4, -0.2) is 11.8 Å². The molecule has 0 unspecified atom stereocenters. The van der Waals surface area contributed by atoms with Gasteiger partial charge in [0.25, 0.3) is 0 Å². The van der Waals surface area contributed by atoms with E-state index >= 15 is 0 Å². The lowest BCUT2D eigenvalue weighted by Crippen LogP contribution is -2.24. The van der Waals surface area contributed by atoms with Crippen LogP contribution in [-0.2, 0) is 16.1 Å². The first-order chi connectivity index (χ1) is 11.4. The van der Waals surface area contributed by atoms with E-state index in [9.17, 15) is 9.59 Å². The van der Waals surface area contributed by atoms with Gasteiger partial charge in [-0.25, -0.2) is 0 Å². The van der Waals surface area contributed by atoms with E-state index in [1.54, 1.807) is 0 Å². The molecule has 0 saturated carbocycles. The van der Waals surface area contributed by atoms with Crippen molar-refractivity contribution in [1.82, 2.24) is 5.32 Å². The monoisotopic (exact) mass is 324 g/mol. The fourth-order valence-corrected chi connectivity index (χ4v) is 2.26. The lowest BCUT2D eigenvalue weighted by atomic mass is 10.1. The maximum Gasteiger partial charge on any atom is 0.224 e. The fraction of sp³-hybridized carbons (Fsp3) is 0.300. The molecule has 0 spiro atoms. The summed E-state index contributed by atoms with van der Waals surface area (Å²) in [5.74, 6) is -0.269. The second kappa shape index (κ2) is 8.29. The van der Waals surface area contributed by atoms with Crippen LogP contribution in [0.4, 0.5) is 5.69 Å². The van der Waals surface area contributed by atoms with Crippen LogP contribution < -0.4 is 10.6 Å². The zero-order valence-corrected chi connectivity index (χ0v) is 14.5. The van der Waals surface area contributed by atoms with Crippen molar-refractivity contribution in [3.05, 3.63) is 64.7 Å². The molecular formula is C20H24N2O2. The number of aryl methyl sites for hydroxylation is 3. The van der Waals surface area contributed by atoms with Gasteiger partial charge < -0.3 is 10.6 Å². The molecule has 126 valence electrons. The molecular weight excluding hydrogens is 300 g/mol. The molecule has 0 saturated heterocycles. The van der Waals surface area contributed by atoms with Crippen LogP contribution in [0, 0.1) is 20.8 Å². The van der Waals surface area contributed by atoms with Crippen molar-refractivity contribution in [2.24, 2.45) is 0 Å². The van der Waals surface area contributed by atoms with E-state index in [0.29, 0.717) is 6.54 Å². The normalized spacial score (nSPS) is 10.3. The second-order valence-electron chi connectivity index (χ2n) is 6.11. The van der Waals surface area contributed by atoms with Gasteiger partial charge in [-0.3, -0.25) is 9.59 Å². The van der Waals surface area contributed by atoms with E-state index in [4.69, 9.17) is 0 Å². The Kier molecular flexibility index (Phi) is 6.13. The van der Waals surface area contributed by atoms with Crippen molar-refractivity contribution < 1.29 is 9.59 Å². The first-order valence-corrected chi connectivity index (χ1v) is 8.13. The Morgan fingerprint density at radius 1 is 0.833 bits per heavy atom. The molecule has 0 aromatic heterocycles. The van der Waals surface area contributed by atoms with E-state index in [2.05, 4.69) is 10.6 Å². The van der Waals surface area contributed by atoms with Crippen molar-refractivity contribution in [3.8, 4) is 0 Å². The standard InChI is InChI=1S/C20H24N2O2/c1-14-4-7-17(8-5-14)13-21-19(23)10-11-20(24)22-18-9-6-15(2)16(3)12-18/h4-9,12H,10-11,13H2,1-3H3,(H,21,23)(H,22,24). The predicted octanol–water partition coefficient (Wildman–Crippen LogP) is 3.65. The third kappa shape index (κ3) is 5.54. The van der Waals surface area contributed by atoms with Gasteiger partial charge in [-0.1, -0.05) is 35.9 Å². The van der Waals surface area contributed by atoms with Crippen LogP contribution in [0.25, 0.3) is 0 Å². The number of anilines is 1. The summed E-state index contributed by atoms with van der Waals surface area (Å²) >= 11 is 0. The van der Waals surface area contributed by atoms with Gasteiger partial charge >= 0.3 is 0 Å². The Bertz CT molecular complexity index is 721. The molecule has 4 heteroatoms. The lowest BCUT2D eigenvalue weighted by Gasteiger charge is -2.08. The summed E-state index contributed by atoms with van der Waals surface area (Å²) in [5.41, 5.74) is 5.32. The molecule has 0 aliphatic heterocycles. The van der Waals surface area contributed by atoms with Gasteiger partial charge in [0.15, 0.2) is 0 Å². The molecule has 4 nitrogen and oxygen atoms in total. The number of rotatable bonds is 6. The van der Waals surface area contributed by atoms with E-state index in [0.717, 1.165) is 16.8 Å². The molecule has 0 radical (unpaired) electrons. The largest absolute Gasteiger partial charge is 0.352 e. The summed E-state index contributed by atoms with van der Waals surface area (Å²) in [6.07, 6.45) is 0.356. The number of carbonyl (C=O) groups is 2. The van der Waals surface area contributed by atoms with Crippen molar-refractivity contribution >= 4 is 17.5 Å². The number of hydrogen-bond donors (Lipinski definition) is 2. The number of amides is 2. The van der Waals surface area contributed by atoms with Gasteiger partial charge in [-0.2, -0.15) is 0 Å². The number of carbonyl (C=O) groups excluding carboxylic acids is 2. The Morgan fingerprint density at radius 2 is 1.50 bits per heavy atom. The minimum Gasteiger partial charge on any atom is -0.352 e. The van der Waals surface area contributed by atoms with Crippen LogP contribution in [0.15, 0.2) is 42.5 Å². The molecule has 0 fully saturated rings. The molecule has 24 heavy (non-hydrogen) atoms. The van der Waals surface area contributed by atoms with E-state index in [1.165, 1.54) is 11.1 Å². The summed E-state index contributed by atoms with van der Waals surface area (Å²) in [6, 6.07) is 13.8. The molecule has 2 N–H and O–H groups in total. The van der Waals surface area contributed by atoms with Gasteiger partial charge in [0, 0.05) is 25.1 Å². The van der Waals surface area contributed by atoms with Crippen LogP contribution >= 0.6 is 0 Å². The van der Waals surface area contributed by atoms with Gasteiger partial charge in [-0.15, -0.1) is 0 Å². The average Bonchev–Trinajstić information content (AvgIpc) is 2.56. The molecule has 0 aliphatic rings. The van der Waals surface area contributed by atoms with Crippen LogP contribution in [0.1, 0.15) is 35.1 Å². The van der Waals surface area contributed by atoms with Crippen molar-refractivity contribution in [2.75, 3.05) is 5.32 Å². The Hall–Kier alpha value is -2.62. The van der Waals surface area contributed by atoms with Gasteiger partial charge in [0.1, 0.15) is 0 Å². The topological polar surface area (TPSA) is 58.2 Å².